The van der Waals surface area contributed by atoms with Crippen molar-refractivity contribution in [2.24, 2.45) is 0 Å². The number of hydrogen-bond acceptors (Lipinski definition) is 5. The quantitative estimate of drug-likeness (QED) is 0.354. The normalized spacial score (nSPS) is 12.6. The van der Waals surface area contributed by atoms with E-state index in [0.29, 0.717) is 12.2 Å². The Morgan fingerprint density at radius 1 is 1.20 bits per heavy atom. The first-order chi connectivity index (χ1) is 14.0. The van der Waals surface area contributed by atoms with Crippen LogP contribution in [0.1, 0.15) is 46.6 Å². The Hall–Kier alpha value is -2.41. The van der Waals surface area contributed by atoms with Crippen LogP contribution in [0, 0.1) is 5.82 Å². The predicted octanol–water partition coefficient (Wildman–Crippen LogP) is 6.46. The predicted molar refractivity (Wildman–Crippen MR) is 122 cm³/mol. The van der Waals surface area contributed by atoms with Crippen LogP contribution in [0.5, 0.6) is 11.6 Å². The summed E-state index contributed by atoms with van der Waals surface area (Å²) in [7, 11) is -0.452. The average molecular weight is 433 g/mol. The van der Waals surface area contributed by atoms with Crippen LogP contribution in [0.3, 0.4) is 0 Å². The molecule has 0 unspecified atom stereocenters. The van der Waals surface area contributed by atoms with Gasteiger partial charge < -0.3 is 13.9 Å². The maximum absolute atomic E-state index is 14.7. The zero-order valence-corrected chi connectivity index (χ0v) is 20.3. The third-order valence-corrected chi connectivity index (χ3v) is 9.69. The first kappa shape index (κ1) is 23.9. The van der Waals surface area contributed by atoms with Crippen LogP contribution in [-0.2, 0) is 4.43 Å². The molecule has 164 valence electrons. The van der Waals surface area contributed by atoms with Crippen LogP contribution in [0.4, 0.5) is 4.39 Å². The lowest BCUT2D eigenvalue weighted by molar-refractivity contribution is 0.281. The van der Waals surface area contributed by atoms with Gasteiger partial charge in [0.15, 0.2) is 11.6 Å². The highest BCUT2D eigenvalue weighted by Gasteiger charge is 2.38. The monoisotopic (exact) mass is 432 g/mol. The Kier molecular flexibility index (Phi) is 7.63. The van der Waals surface area contributed by atoms with Gasteiger partial charge in [-0.1, -0.05) is 27.7 Å². The highest BCUT2D eigenvalue weighted by atomic mass is 28.4. The molecule has 0 N–H and O–H groups in total. The van der Waals surface area contributed by atoms with Crippen molar-refractivity contribution < 1.29 is 18.3 Å². The molecule has 0 aliphatic rings. The van der Waals surface area contributed by atoms with E-state index in [1.807, 2.05) is 19.9 Å². The fourth-order valence-corrected chi connectivity index (χ4v) is 3.20. The van der Waals surface area contributed by atoms with E-state index in [4.69, 9.17) is 13.9 Å². The van der Waals surface area contributed by atoms with E-state index in [1.165, 1.54) is 13.2 Å². The number of hydrogen-bond donors (Lipinski definition) is 0. The van der Waals surface area contributed by atoms with E-state index in [1.54, 1.807) is 18.7 Å². The lowest BCUT2D eigenvalue weighted by Gasteiger charge is -2.35. The Morgan fingerprint density at radius 3 is 2.50 bits per heavy atom. The molecule has 0 atom stereocenters. The van der Waals surface area contributed by atoms with Crippen molar-refractivity contribution in [1.82, 2.24) is 9.97 Å². The van der Waals surface area contributed by atoms with E-state index >= 15 is 0 Å². The van der Waals surface area contributed by atoms with Crippen molar-refractivity contribution in [2.45, 2.75) is 59.2 Å². The second-order valence-corrected chi connectivity index (χ2v) is 13.6. The standard InChI is InChI=1S/C23H33FN2O3Si/c1-9-10-28-22-20(27-6)12-19(24)21(26-22)18-11-17(13-25-14-18)16(2)15-29-30(7,8)23(3,4)5/h11-15H,9-10H2,1-8H3. The maximum atomic E-state index is 14.7. The summed E-state index contributed by atoms with van der Waals surface area (Å²) in [5.74, 6) is 0.0520. The first-order valence-electron chi connectivity index (χ1n) is 10.2. The molecule has 0 saturated heterocycles. The van der Waals surface area contributed by atoms with E-state index in [0.717, 1.165) is 17.6 Å². The molecule has 2 heterocycles. The van der Waals surface area contributed by atoms with Gasteiger partial charge >= 0.3 is 0 Å². The summed E-state index contributed by atoms with van der Waals surface area (Å²) in [4.78, 5) is 8.65. The number of nitrogens with zero attached hydrogens (tertiary/aromatic N) is 2. The van der Waals surface area contributed by atoms with Gasteiger partial charge in [-0.15, -0.1) is 0 Å². The summed E-state index contributed by atoms with van der Waals surface area (Å²) < 4.78 is 31.8. The minimum Gasteiger partial charge on any atom is -0.549 e. The molecule has 0 aliphatic carbocycles. The molecule has 2 aromatic heterocycles. The SMILES string of the molecule is CCCOc1nc(-c2cncc(C(C)=CO[Si](C)(C)C(C)(C)C)c2)c(F)cc1OC. The Bertz CT molecular complexity index is 908. The molecule has 0 aromatic carbocycles. The van der Waals surface area contributed by atoms with Crippen LogP contribution >= 0.6 is 0 Å². The zero-order chi connectivity index (χ0) is 22.5. The van der Waals surface area contributed by atoms with Gasteiger partial charge in [-0.2, -0.15) is 0 Å². The smallest absolute Gasteiger partial charge is 0.257 e. The van der Waals surface area contributed by atoms with E-state index in [-0.39, 0.29) is 22.4 Å². The molecule has 2 aromatic rings. The number of rotatable bonds is 8. The number of allylic oxidation sites excluding steroid dienone is 1. The summed E-state index contributed by atoms with van der Waals surface area (Å²) >= 11 is 0. The summed E-state index contributed by atoms with van der Waals surface area (Å²) in [6, 6.07) is 3.15. The van der Waals surface area contributed by atoms with Gasteiger partial charge in [-0.05, 0) is 48.7 Å². The van der Waals surface area contributed by atoms with Gasteiger partial charge in [0.25, 0.3) is 5.88 Å². The van der Waals surface area contributed by atoms with Crippen molar-refractivity contribution in [3.63, 3.8) is 0 Å². The highest BCUT2D eigenvalue weighted by Crippen LogP contribution is 2.37. The van der Waals surface area contributed by atoms with Crippen LogP contribution in [0.15, 0.2) is 30.8 Å². The Balaban J connectivity index is 2.38. The first-order valence-corrected chi connectivity index (χ1v) is 13.1. The van der Waals surface area contributed by atoms with Crippen molar-refractivity contribution in [3.05, 3.63) is 42.2 Å². The van der Waals surface area contributed by atoms with Crippen molar-refractivity contribution >= 4 is 13.9 Å². The zero-order valence-electron chi connectivity index (χ0n) is 19.3. The summed E-state index contributed by atoms with van der Waals surface area (Å²) in [6.45, 7) is 15.4. The third-order valence-electron chi connectivity index (χ3n) is 5.37. The molecule has 7 heteroatoms. The van der Waals surface area contributed by atoms with Crippen LogP contribution in [-0.4, -0.2) is 32.0 Å². The summed E-state index contributed by atoms with van der Waals surface area (Å²) in [5.41, 5.74) is 2.51. The molecule has 0 fully saturated rings. The van der Waals surface area contributed by atoms with Crippen LogP contribution < -0.4 is 9.47 Å². The van der Waals surface area contributed by atoms with Crippen LogP contribution in [0.25, 0.3) is 16.8 Å². The van der Waals surface area contributed by atoms with E-state index < -0.39 is 14.1 Å². The van der Waals surface area contributed by atoms with Gasteiger partial charge in [0.05, 0.1) is 20.0 Å². The lowest BCUT2D eigenvalue weighted by atomic mass is 10.1. The Labute approximate surface area is 180 Å². The minimum absolute atomic E-state index is 0.106. The largest absolute Gasteiger partial charge is 0.549 e. The van der Waals surface area contributed by atoms with E-state index in [2.05, 4.69) is 43.8 Å². The van der Waals surface area contributed by atoms with Crippen molar-refractivity contribution in [1.29, 1.82) is 0 Å². The molecule has 0 spiro atoms. The van der Waals surface area contributed by atoms with Gasteiger partial charge in [-0.3, -0.25) is 4.98 Å². The van der Waals surface area contributed by atoms with Crippen molar-refractivity contribution in [2.75, 3.05) is 13.7 Å². The van der Waals surface area contributed by atoms with Crippen LogP contribution in [0.2, 0.25) is 18.1 Å². The number of ether oxygens (including phenoxy) is 2. The fourth-order valence-electron chi connectivity index (χ4n) is 2.37. The highest BCUT2D eigenvalue weighted by molar-refractivity contribution is 6.74. The topological polar surface area (TPSA) is 53.5 Å². The van der Waals surface area contributed by atoms with Gasteiger partial charge in [-0.25, -0.2) is 9.37 Å². The van der Waals surface area contributed by atoms with E-state index in [9.17, 15) is 4.39 Å². The summed E-state index contributed by atoms with van der Waals surface area (Å²) in [6.07, 6.45) is 5.94. The number of halogens is 1. The molecular formula is C23H33FN2O3Si. The number of methoxy groups -OCH3 is 1. The second kappa shape index (κ2) is 9.60. The van der Waals surface area contributed by atoms with Gasteiger partial charge in [0, 0.05) is 24.0 Å². The molecular weight excluding hydrogens is 399 g/mol. The number of aromatic nitrogens is 2. The molecule has 0 radical (unpaired) electrons. The fraction of sp³-hybridized carbons (Fsp3) is 0.478. The minimum atomic E-state index is -1.92. The molecule has 0 amide bonds. The maximum Gasteiger partial charge on any atom is 0.257 e. The average Bonchev–Trinajstić information content (AvgIpc) is 2.70. The Morgan fingerprint density at radius 2 is 1.90 bits per heavy atom. The molecule has 5 nitrogen and oxygen atoms in total. The molecule has 0 bridgehead atoms. The number of pyridine rings is 2. The second-order valence-electron chi connectivity index (χ2n) is 8.82. The lowest BCUT2D eigenvalue weighted by Crippen LogP contribution is -2.39. The van der Waals surface area contributed by atoms with Gasteiger partial charge in [0.2, 0.25) is 8.32 Å². The molecule has 2 rings (SSSR count). The third kappa shape index (κ3) is 5.59. The molecule has 30 heavy (non-hydrogen) atoms. The van der Waals surface area contributed by atoms with Crippen molar-refractivity contribution in [3.8, 4) is 22.9 Å². The summed E-state index contributed by atoms with van der Waals surface area (Å²) in [5, 5.41) is 0.106. The molecule has 0 saturated carbocycles. The molecule has 0 aliphatic heterocycles. The van der Waals surface area contributed by atoms with Gasteiger partial charge in [0.1, 0.15) is 5.69 Å².